The Bertz CT molecular complexity index is 73.1. The lowest BCUT2D eigenvalue weighted by Crippen LogP contribution is -2.08. The molecule has 74 valence electrons. The Kier molecular flexibility index (Phi) is 15.7. The van der Waals surface area contributed by atoms with E-state index in [1.54, 1.807) is 0 Å². The minimum atomic E-state index is 0.601. The highest BCUT2D eigenvalue weighted by molar-refractivity contribution is 5.24. The molecule has 12 heavy (non-hydrogen) atoms. The van der Waals surface area contributed by atoms with E-state index in [0.717, 1.165) is 0 Å². The third-order valence-corrected chi connectivity index (χ3v) is 1.83. The highest BCUT2D eigenvalue weighted by atomic mass is 14.7. The molecule has 1 rings (SSSR count). The van der Waals surface area contributed by atoms with Crippen molar-refractivity contribution in [2.24, 2.45) is 4.99 Å². The maximum absolute atomic E-state index is 4.00. The van der Waals surface area contributed by atoms with Gasteiger partial charge in [-0.15, -0.1) is 0 Å². The number of hydrogen-bond donors (Lipinski definition) is 0. The van der Waals surface area contributed by atoms with Gasteiger partial charge in [0.2, 0.25) is 0 Å². The van der Waals surface area contributed by atoms with Crippen LogP contribution in [-0.2, 0) is 0 Å². The molecule has 0 unspecified atom stereocenters. The largest absolute Gasteiger partial charge is 0.298 e. The molecule has 0 heterocycles. The number of nitrogens with zero attached hydrogens (tertiary/aromatic N) is 1. The Balaban J connectivity index is 0. The van der Waals surface area contributed by atoms with Crippen molar-refractivity contribution in [2.45, 2.75) is 65.8 Å². The molecule has 1 fully saturated rings. The summed E-state index contributed by atoms with van der Waals surface area (Å²) in [7, 11) is 0. The summed E-state index contributed by atoms with van der Waals surface area (Å²) in [5.74, 6) is 0. The van der Waals surface area contributed by atoms with Gasteiger partial charge < -0.3 is 0 Å². The first-order chi connectivity index (χ1) is 5.93. The Labute approximate surface area is 78.3 Å². The molecule has 0 N–H and O–H groups in total. The molecule has 1 aliphatic carbocycles. The average molecular weight is 171 g/mol. The lowest BCUT2D eigenvalue weighted by atomic mass is 9.96. The maximum Gasteiger partial charge on any atom is 0.0492 e. The summed E-state index contributed by atoms with van der Waals surface area (Å²) in [5.41, 5.74) is 0. The number of rotatable bonds is 1. The third kappa shape index (κ3) is 7.77. The second kappa shape index (κ2) is 13.3. The lowest BCUT2D eigenvalue weighted by molar-refractivity contribution is 0.445. The van der Waals surface area contributed by atoms with Gasteiger partial charge in [-0.3, -0.25) is 4.99 Å². The van der Waals surface area contributed by atoms with Crippen molar-refractivity contribution in [3.05, 3.63) is 0 Å². The topological polar surface area (TPSA) is 12.4 Å². The van der Waals surface area contributed by atoms with Gasteiger partial charge in [-0.05, 0) is 19.6 Å². The second-order valence-corrected chi connectivity index (χ2v) is 2.47. The van der Waals surface area contributed by atoms with E-state index in [9.17, 15) is 0 Å². The summed E-state index contributed by atoms with van der Waals surface area (Å²) in [5, 5.41) is 0. The van der Waals surface area contributed by atoms with E-state index in [-0.39, 0.29) is 0 Å². The first kappa shape index (κ1) is 14.2. The highest BCUT2D eigenvalue weighted by Crippen LogP contribution is 2.19. The van der Waals surface area contributed by atoms with Gasteiger partial charge in [0.15, 0.2) is 0 Å². The zero-order valence-corrected chi connectivity index (χ0v) is 9.27. The summed E-state index contributed by atoms with van der Waals surface area (Å²) in [4.78, 5) is 4.00. The van der Waals surface area contributed by atoms with Crippen LogP contribution in [0.2, 0.25) is 0 Å². The first-order valence-electron chi connectivity index (χ1n) is 5.39. The molecule has 0 aromatic carbocycles. The van der Waals surface area contributed by atoms with E-state index >= 15 is 0 Å². The first-order valence-corrected chi connectivity index (χ1v) is 5.39. The summed E-state index contributed by atoms with van der Waals surface area (Å²) in [6.45, 7) is 11.5. The summed E-state index contributed by atoms with van der Waals surface area (Å²) in [6, 6.07) is 0.601. The fourth-order valence-electron chi connectivity index (χ4n) is 1.26. The van der Waals surface area contributed by atoms with Gasteiger partial charge in [0.1, 0.15) is 0 Å². The van der Waals surface area contributed by atoms with E-state index in [1.807, 2.05) is 27.7 Å². The van der Waals surface area contributed by atoms with Crippen molar-refractivity contribution in [3.8, 4) is 0 Å². The maximum atomic E-state index is 4.00. The molecule has 0 aromatic rings. The Morgan fingerprint density at radius 1 is 0.917 bits per heavy atom. The van der Waals surface area contributed by atoms with Crippen LogP contribution in [0.5, 0.6) is 0 Å². The molecule has 0 amide bonds. The van der Waals surface area contributed by atoms with Gasteiger partial charge in [-0.25, -0.2) is 0 Å². The van der Waals surface area contributed by atoms with Gasteiger partial charge in [0.25, 0.3) is 0 Å². The molecule has 0 bridgehead atoms. The van der Waals surface area contributed by atoms with Crippen LogP contribution in [0.15, 0.2) is 4.99 Å². The van der Waals surface area contributed by atoms with Crippen LogP contribution in [0.4, 0.5) is 0 Å². The molecule has 0 aromatic heterocycles. The molecule has 1 heteroatoms. The van der Waals surface area contributed by atoms with Crippen LogP contribution in [0.3, 0.4) is 0 Å². The minimum absolute atomic E-state index is 0.601. The van der Waals surface area contributed by atoms with Gasteiger partial charge in [0.05, 0.1) is 0 Å². The molecule has 0 atom stereocenters. The SMILES string of the molecule is C=NC1CCCCC1.CC.CC. The number of aliphatic imine (C=N–C) groups is 1. The zero-order valence-electron chi connectivity index (χ0n) is 9.27. The van der Waals surface area contributed by atoms with Crippen molar-refractivity contribution < 1.29 is 0 Å². The van der Waals surface area contributed by atoms with Gasteiger partial charge in [-0.1, -0.05) is 47.0 Å². The smallest absolute Gasteiger partial charge is 0.0492 e. The molecule has 1 nitrogen and oxygen atoms in total. The monoisotopic (exact) mass is 171 g/mol. The van der Waals surface area contributed by atoms with Crippen molar-refractivity contribution in [1.29, 1.82) is 0 Å². The Hall–Kier alpha value is -0.330. The summed E-state index contributed by atoms with van der Waals surface area (Å²) in [6.07, 6.45) is 6.70. The predicted octanol–water partition coefficient (Wildman–Crippen LogP) is 4.07. The van der Waals surface area contributed by atoms with Crippen molar-refractivity contribution in [1.82, 2.24) is 0 Å². The molecule has 0 spiro atoms. The number of hydrogen-bond acceptors (Lipinski definition) is 1. The fourth-order valence-corrected chi connectivity index (χ4v) is 1.26. The van der Waals surface area contributed by atoms with Crippen molar-refractivity contribution >= 4 is 6.72 Å². The van der Waals surface area contributed by atoms with E-state index in [1.165, 1.54) is 32.1 Å². The van der Waals surface area contributed by atoms with Crippen LogP contribution in [0.25, 0.3) is 0 Å². The van der Waals surface area contributed by atoms with Gasteiger partial charge in [0, 0.05) is 6.04 Å². The van der Waals surface area contributed by atoms with Gasteiger partial charge in [-0.2, -0.15) is 0 Å². The molecule has 0 saturated heterocycles. The van der Waals surface area contributed by atoms with Crippen molar-refractivity contribution in [3.63, 3.8) is 0 Å². The molecular formula is C11H25N. The average Bonchev–Trinajstić information content (AvgIpc) is 2.25. The molecule has 1 saturated carbocycles. The molecule has 1 aliphatic rings. The predicted molar refractivity (Wildman–Crippen MR) is 59.1 cm³/mol. The highest BCUT2D eigenvalue weighted by Gasteiger charge is 2.09. The third-order valence-electron chi connectivity index (χ3n) is 1.83. The summed E-state index contributed by atoms with van der Waals surface area (Å²) >= 11 is 0. The standard InChI is InChI=1S/C7H13N.2C2H6/c1-8-7-5-3-2-4-6-7;2*1-2/h7H,1-6H2;2*1-2H3. The van der Waals surface area contributed by atoms with E-state index < -0.39 is 0 Å². The van der Waals surface area contributed by atoms with Crippen LogP contribution in [0, 0.1) is 0 Å². The fraction of sp³-hybridized carbons (Fsp3) is 0.909. The van der Waals surface area contributed by atoms with Crippen LogP contribution < -0.4 is 0 Å². The Morgan fingerprint density at radius 3 is 1.58 bits per heavy atom. The van der Waals surface area contributed by atoms with Crippen LogP contribution in [0.1, 0.15) is 59.8 Å². The molecule has 0 aliphatic heterocycles. The summed E-state index contributed by atoms with van der Waals surface area (Å²) < 4.78 is 0. The molecule has 0 radical (unpaired) electrons. The van der Waals surface area contributed by atoms with E-state index in [2.05, 4.69) is 11.7 Å². The Morgan fingerprint density at radius 2 is 1.33 bits per heavy atom. The van der Waals surface area contributed by atoms with Gasteiger partial charge >= 0.3 is 0 Å². The lowest BCUT2D eigenvalue weighted by Gasteiger charge is -2.15. The second-order valence-electron chi connectivity index (χ2n) is 2.47. The van der Waals surface area contributed by atoms with Crippen LogP contribution >= 0.6 is 0 Å². The van der Waals surface area contributed by atoms with Crippen molar-refractivity contribution in [2.75, 3.05) is 0 Å². The van der Waals surface area contributed by atoms with E-state index in [0.29, 0.717) is 6.04 Å². The minimum Gasteiger partial charge on any atom is -0.298 e. The normalized spacial score (nSPS) is 16.3. The quantitative estimate of drug-likeness (QED) is 0.527. The van der Waals surface area contributed by atoms with Crippen LogP contribution in [-0.4, -0.2) is 12.8 Å². The molecular weight excluding hydrogens is 146 g/mol. The zero-order chi connectivity index (χ0) is 9.82. The van der Waals surface area contributed by atoms with E-state index in [4.69, 9.17) is 0 Å².